The quantitative estimate of drug-likeness (QED) is 0.794. The zero-order valence-corrected chi connectivity index (χ0v) is 16.3. The van der Waals surface area contributed by atoms with Gasteiger partial charge in [-0.15, -0.1) is 0 Å². The van der Waals surface area contributed by atoms with Gasteiger partial charge in [0.25, 0.3) is 11.8 Å². The third kappa shape index (κ3) is 3.80. The number of carbonyl (C=O) groups is 3. The van der Waals surface area contributed by atoms with Crippen molar-refractivity contribution < 1.29 is 19.1 Å². The van der Waals surface area contributed by atoms with E-state index in [4.69, 9.17) is 4.74 Å². The van der Waals surface area contributed by atoms with Crippen LogP contribution >= 0.6 is 0 Å². The summed E-state index contributed by atoms with van der Waals surface area (Å²) in [5.74, 6) is -0.617. The van der Waals surface area contributed by atoms with Gasteiger partial charge in [-0.3, -0.25) is 19.3 Å². The molecule has 0 spiro atoms. The highest BCUT2D eigenvalue weighted by Gasteiger charge is 2.39. The maximum Gasteiger partial charge on any atom is 0.261 e. The predicted octanol–water partition coefficient (Wildman–Crippen LogP) is 2.75. The third-order valence-electron chi connectivity index (χ3n) is 5.68. The number of nitrogens with zero attached hydrogens (tertiary/aromatic N) is 1. The second-order valence-electron chi connectivity index (χ2n) is 7.54. The Morgan fingerprint density at radius 2 is 1.66 bits per heavy atom. The molecule has 0 aromatic heterocycles. The number of hydrogen-bond acceptors (Lipinski definition) is 4. The lowest BCUT2D eigenvalue weighted by Crippen LogP contribution is -2.48. The van der Waals surface area contributed by atoms with Gasteiger partial charge in [-0.25, -0.2) is 0 Å². The van der Waals surface area contributed by atoms with Crippen LogP contribution in [0.2, 0.25) is 0 Å². The largest absolute Gasteiger partial charge is 0.377 e. The number of nitrogens with one attached hydrogen (secondary N) is 1. The van der Waals surface area contributed by atoms with E-state index in [1.54, 1.807) is 24.3 Å². The first kappa shape index (κ1) is 19.3. The van der Waals surface area contributed by atoms with Gasteiger partial charge in [0.1, 0.15) is 0 Å². The number of ether oxygens (including phenoxy) is 1. The molecule has 4 rings (SSSR count). The zero-order chi connectivity index (χ0) is 20.4. The van der Waals surface area contributed by atoms with Crippen molar-refractivity contribution >= 4 is 17.7 Å². The van der Waals surface area contributed by atoms with E-state index >= 15 is 0 Å². The molecule has 150 valence electrons. The van der Waals surface area contributed by atoms with E-state index in [0.29, 0.717) is 24.2 Å². The molecular weight excluding hydrogens is 368 g/mol. The molecule has 0 unspecified atom stereocenters. The van der Waals surface area contributed by atoms with Crippen molar-refractivity contribution in [3.05, 3.63) is 71.3 Å². The molecule has 2 aromatic carbocycles. The van der Waals surface area contributed by atoms with E-state index in [9.17, 15) is 14.4 Å². The maximum atomic E-state index is 12.6. The Labute approximate surface area is 169 Å². The topological polar surface area (TPSA) is 75.7 Å². The van der Waals surface area contributed by atoms with Crippen molar-refractivity contribution in [1.82, 2.24) is 10.2 Å². The fourth-order valence-electron chi connectivity index (χ4n) is 4.40. The Morgan fingerprint density at radius 3 is 2.28 bits per heavy atom. The fraction of sp³-hybridized carbons (Fsp3) is 0.348. The summed E-state index contributed by atoms with van der Waals surface area (Å²) in [5.41, 5.74) is 1.99. The minimum absolute atomic E-state index is 0.0379. The first-order valence-electron chi connectivity index (χ1n) is 9.95. The van der Waals surface area contributed by atoms with E-state index in [1.165, 1.54) is 11.8 Å². The molecular formula is C23H24N2O4. The first-order valence-corrected chi connectivity index (χ1v) is 9.95. The van der Waals surface area contributed by atoms with Crippen LogP contribution in [-0.2, 0) is 9.53 Å². The van der Waals surface area contributed by atoms with Gasteiger partial charge in [-0.05, 0) is 30.5 Å². The molecule has 0 radical (unpaired) electrons. The molecule has 2 aliphatic rings. The number of rotatable bonds is 5. The Hall–Kier alpha value is -2.99. The van der Waals surface area contributed by atoms with Gasteiger partial charge < -0.3 is 10.1 Å². The molecule has 0 aliphatic carbocycles. The van der Waals surface area contributed by atoms with Crippen LogP contribution in [0.5, 0.6) is 0 Å². The standard InChI is InChI=1S/C23H24N2O4/c1-15(26)24-19-12-14-29-20(21(19)16-7-3-2-4-8-16)11-13-25-22(27)17-9-5-6-10-18(17)23(25)28/h2-10,19-21H,11-14H2,1H3,(H,24,26)/t19-,20-,21+/m0/s1. The van der Waals surface area contributed by atoms with Crippen LogP contribution in [0, 0.1) is 0 Å². The van der Waals surface area contributed by atoms with Crippen LogP contribution < -0.4 is 5.32 Å². The van der Waals surface area contributed by atoms with Gasteiger partial charge >= 0.3 is 0 Å². The molecule has 2 aliphatic heterocycles. The summed E-state index contributed by atoms with van der Waals surface area (Å²) < 4.78 is 6.06. The van der Waals surface area contributed by atoms with Gasteiger partial charge in [0, 0.05) is 32.0 Å². The summed E-state index contributed by atoms with van der Waals surface area (Å²) in [7, 11) is 0. The fourth-order valence-corrected chi connectivity index (χ4v) is 4.40. The number of hydrogen-bond donors (Lipinski definition) is 1. The molecule has 29 heavy (non-hydrogen) atoms. The van der Waals surface area contributed by atoms with Crippen LogP contribution in [0.1, 0.15) is 52.0 Å². The van der Waals surface area contributed by atoms with Crippen LogP contribution in [0.15, 0.2) is 54.6 Å². The zero-order valence-electron chi connectivity index (χ0n) is 16.3. The summed E-state index contributed by atoms with van der Waals surface area (Å²) in [6.45, 7) is 2.33. The maximum absolute atomic E-state index is 12.6. The number of imide groups is 1. The van der Waals surface area contributed by atoms with E-state index in [1.807, 2.05) is 30.3 Å². The first-order chi connectivity index (χ1) is 14.1. The lowest BCUT2D eigenvalue weighted by atomic mass is 9.81. The van der Waals surface area contributed by atoms with Crippen molar-refractivity contribution in [2.24, 2.45) is 0 Å². The molecule has 3 amide bonds. The van der Waals surface area contributed by atoms with Gasteiger partial charge in [0.15, 0.2) is 0 Å². The molecule has 1 saturated heterocycles. The SMILES string of the molecule is CC(=O)N[C@H]1CCO[C@@H](CCN2C(=O)c3ccccc3C2=O)[C@@H]1c1ccccc1. The Morgan fingerprint density at radius 1 is 1.03 bits per heavy atom. The Kier molecular flexibility index (Phi) is 5.45. The minimum Gasteiger partial charge on any atom is -0.377 e. The molecule has 0 bridgehead atoms. The van der Waals surface area contributed by atoms with Crippen LogP contribution in [-0.4, -0.2) is 47.9 Å². The number of carbonyl (C=O) groups excluding carboxylic acids is 3. The molecule has 1 N–H and O–H groups in total. The lowest BCUT2D eigenvalue weighted by Gasteiger charge is -2.39. The minimum atomic E-state index is -0.254. The average molecular weight is 392 g/mol. The van der Waals surface area contributed by atoms with Gasteiger partial charge in [0.05, 0.1) is 17.2 Å². The van der Waals surface area contributed by atoms with Crippen LogP contribution in [0.3, 0.4) is 0 Å². The molecule has 2 aromatic rings. The van der Waals surface area contributed by atoms with E-state index in [2.05, 4.69) is 5.32 Å². The van der Waals surface area contributed by atoms with Crippen molar-refractivity contribution in [3.8, 4) is 0 Å². The van der Waals surface area contributed by atoms with Crippen LogP contribution in [0.4, 0.5) is 0 Å². The summed E-state index contributed by atoms with van der Waals surface area (Å²) in [4.78, 5) is 38.3. The molecule has 0 saturated carbocycles. The number of fused-ring (bicyclic) bond motifs is 1. The third-order valence-corrected chi connectivity index (χ3v) is 5.68. The summed E-state index contributed by atoms with van der Waals surface area (Å²) in [5, 5.41) is 3.05. The molecule has 3 atom stereocenters. The molecule has 6 nitrogen and oxygen atoms in total. The van der Waals surface area contributed by atoms with Crippen molar-refractivity contribution in [2.75, 3.05) is 13.2 Å². The van der Waals surface area contributed by atoms with E-state index < -0.39 is 0 Å². The van der Waals surface area contributed by atoms with Crippen molar-refractivity contribution in [2.45, 2.75) is 37.8 Å². The predicted molar refractivity (Wildman–Crippen MR) is 108 cm³/mol. The van der Waals surface area contributed by atoms with Crippen molar-refractivity contribution in [1.29, 1.82) is 0 Å². The molecule has 1 fully saturated rings. The second-order valence-corrected chi connectivity index (χ2v) is 7.54. The van der Waals surface area contributed by atoms with Gasteiger partial charge in [-0.2, -0.15) is 0 Å². The number of amides is 3. The summed E-state index contributed by atoms with van der Waals surface area (Å²) in [6.07, 6.45) is 1.04. The van der Waals surface area contributed by atoms with Gasteiger partial charge in [0.2, 0.25) is 5.91 Å². The number of benzene rings is 2. The molecule has 2 heterocycles. The Bertz CT molecular complexity index is 892. The van der Waals surface area contributed by atoms with Crippen molar-refractivity contribution in [3.63, 3.8) is 0 Å². The second kappa shape index (κ2) is 8.17. The van der Waals surface area contributed by atoms with Crippen LogP contribution in [0.25, 0.3) is 0 Å². The highest BCUT2D eigenvalue weighted by Crippen LogP contribution is 2.34. The highest BCUT2D eigenvalue weighted by atomic mass is 16.5. The summed E-state index contributed by atoms with van der Waals surface area (Å²) in [6, 6.07) is 16.8. The normalized spacial score (nSPS) is 23.8. The lowest BCUT2D eigenvalue weighted by molar-refractivity contribution is -0.121. The van der Waals surface area contributed by atoms with Gasteiger partial charge in [-0.1, -0.05) is 42.5 Å². The van der Waals surface area contributed by atoms with E-state index in [0.717, 1.165) is 12.0 Å². The smallest absolute Gasteiger partial charge is 0.261 e. The average Bonchev–Trinajstić information content (AvgIpc) is 2.97. The Balaban J connectivity index is 1.53. The monoisotopic (exact) mass is 392 g/mol. The van der Waals surface area contributed by atoms with E-state index in [-0.39, 0.29) is 42.3 Å². The molecule has 6 heteroatoms. The highest BCUT2D eigenvalue weighted by molar-refractivity contribution is 6.21. The summed E-state index contributed by atoms with van der Waals surface area (Å²) >= 11 is 0.